The molecule has 0 saturated heterocycles. The molecule has 102 valence electrons. The first-order valence-electron chi connectivity index (χ1n) is 6.92. The Balaban J connectivity index is 1.76. The Morgan fingerprint density at radius 1 is 1.42 bits per heavy atom. The minimum atomic E-state index is 0.481. The molecule has 3 rings (SSSR count). The summed E-state index contributed by atoms with van der Waals surface area (Å²) < 4.78 is 0. The molecule has 0 aliphatic carbocycles. The predicted octanol–water partition coefficient (Wildman–Crippen LogP) is 2.12. The van der Waals surface area contributed by atoms with E-state index in [1.165, 1.54) is 22.6 Å². The van der Waals surface area contributed by atoms with Gasteiger partial charge < -0.3 is 4.98 Å². The van der Waals surface area contributed by atoms with E-state index < -0.39 is 0 Å². The Kier molecular flexibility index (Phi) is 3.14. The third-order valence-corrected chi connectivity index (χ3v) is 3.74. The number of rotatable bonds is 3. The van der Waals surface area contributed by atoms with Crippen molar-refractivity contribution in [1.82, 2.24) is 25.1 Å². The van der Waals surface area contributed by atoms with E-state index in [2.05, 4.69) is 38.9 Å². The van der Waals surface area contributed by atoms with Crippen molar-refractivity contribution >= 4 is 0 Å². The molecule has 0 fully saturated rings. The molecule has 0 saturated carbocycles. The highest BCUT2D eigenvalue weighted by molar-refractivity contribution is 5.29. The maximum Gasteiger partial charge on any atom is 0.103 e. The lowest BCUT2D eigenvalue weighted by Crippen LogP contribution is -2.30. The van der Waals surface area contributed by atoms with Crippen LogP contribution in [0, 0.1) is 6.92 Å². The number of nitrogens with zero attached hydrogens (tertiary/aromatic N) is 3. The Labute approximate surface area is 113 Å². The van der Waals surface area contributed by atoms with Gasteiger partial charge in [0.2, 0.25) is 0 Å². The number of fused-ring (bicyclic) bond motifs is 1. The van der Waals surface area contributed by atoms with E-state index in [-0.39, 0.29) is 0 Å². The number of aromatic amines is 2. The summed E-state index contributed by atoms with van der Waals surface area (Å²) in [4.78, 5) is 10.0. The highest BCUT2D eigenvalue weighted by Crippen LogP contribution is 2.26. The average molecular weight is 259 g/mol. The van der Waals surface area contributed by atoms with E-state index >= 15 is 0 Å². The van der Waals surface area contributed by atoms with Gasteiger partial charge in [-0.2, -0.15) is 5.10 Å². The molecule has 2 aromatic rings. The summed E-state index contributed by atoms with van der Waals surface area (Å²) in [6.07, 6.45) is 2.99. The smallest absolute Gasteiger partial charge is 0.103 e. The highest BCUT2D eigenvalue weighted by Gasteiger charge is 2.23. The molecule has 0 spiro atoms. The van der Waals surface area contributed by atoms with Gasteiger partial charge in [0.05, 0.1) is 5.69 Å². The summed E-state index contributed by atoms with van der Waals surface area (Å²) in [5, 5.41) is 7.67. The van der Waals surface area contributed by atoms with Crippen molar-refractivity contribution in [2.75, 3.05) is 6.54 Å². The molecule has 0 unspecified atom stereocenters. The molecule has 5 nitrogen and oxygen atoms in total. The number of nitrogens with one attached hydrogen (secondary N) is 2. The van der Waals surface area contributed by atoms with E-state index in [4.69, 9.17) is 0 Å². The maximum absolute atomic E-state index is 4.47. The van der Waals surface area contributed by atoms with Crippen molar-refractivity contribution in [2.45, 2.75) is 46.2 Å². The zero-order chi connectivity index (χ0) is 13.4. The van der Waals surface area contributed by atoms with Crippen LogP contribution in [-0.2, 0) is 19.5 Å². The van der Waals surface area contributed by atoms with Crippen LogP contribution in [0.4, 0.5) is 0 Å². The first-order chi connectivity index (χ1) is 9.13. The van der Waals surface area contributed by atoms with Crippen LogP contribution in [0.3, 0.4) is 0 Å². The van der Waals surface area contributed by atoms with Gasteiger partial charge in [-0.25, -0.2) is 4.98 Å². The SMILES string of the molecule is Cc1ncc(CN2CCc3[nH]nc(C(C)C)c3C2)[nH]1. The van der Waals surface area contributed by atoms with Crippen LogP contribution < -0.4 is 0 Å². The fourth-order valence-corrected chi connectivity index (χ4v) is 2.78. The van der Waals surface area contributed by atoms with Gasteiger partial charge in [-0.15, -0.1) is 0 Å². The van der Waals surface area contributed by atoms with Crippen LogP contribution in [0.5, 0.6) is 0 Å². The second kappa shape index (κ2) is 4.81. The van der Waals surface area contributed by atoms with E-state index in [0.29, 0.717) is 5.92 Å². The van der Waals surface area contributed by atoms with Crippen molar-refractivity contribution in [3.8, 4) is 0 Å². The van der Waals surface area contributed by atoms with Gasteiger partial charge in [-0.05, 0) is 12.8 Å². The minimum absolute atomic E-state index is 0.481. The van der Waals surface area contributed by atoms with Crippen LogP contribution >= 0.6 is 0 Å². The Morgan fingerprint density at radius 2 is 2.26 bits per heavy atom. The van der Waals surface area contributed by atoms with Gasteiger partial charge in [-0.3, -0.25) is 10.00 Å². The molecule has 19 heavy (non-hydrogen) atoms. The lowest BCUT2D eigenvalue weighted by atomic mass is 9.99. The lowest BCUT2D eigenvalue weighted by Gasteiger charge is -2.26. The molecule has 0 atom stereocenters. The van der Waals surface area contributed by atoms with Gasteiger partial charge in [0.1, 0.15) is 5.82 Å². The molecule has 1 aliphatic heterocycles. The number of hydrogen-bond acceptors (Lipinski definition) is 3. The summed E-state index contributed by atoms with van der Waals surface area (Å²) in [6.45, 7) is 9.39. The van der Waals surface area contributed by atoms with Crippen molar-refractivity contribution in [3.63, 3.8) is 0 Å². The number of aromatic nitrogens is 4. The van der Waals surface area contributed by atoms with Crippen LogP contribution in [0.2, 0.25) is 0 Å². The van der Waals surface area contributed by atoms with Crippen molar-refractivity contribution in [2.24, 2.45) is 0 Å². The third-order valence-electron chi connectivity index (χ3n) is 3.74. The average Bonchev–Trinajstić information content (AvgIpc) is 2.95. The lowest BCUT2D eigenvalue weighted by molar-refractivity contribution is 0.241. The molecule has 0 radical (unpaired) electrons. The summed E-state index contributed by atoms with van der Waals surface area (Å²) in [5.74, 6) is 1.47. The molecule has 5 heteroatoms. The molecular weight excluding hydrogens is 238 g/mol. The van der Waals surface area contributed by atoms with Crippen molar-refractivity contribution in [3.05, 3.63) is 34.7 Å². The number of aryl methyl sites for hydroxylation is 1. The fraction of sp³-hybridized carbons (Fsp3) is 0.571. The molecule has 0 bridgehead atoms. The standard InChI is InChI=1S/C14H21N5/c1-9(2)14-12-8-19(5-4-13(12)17-18-14)7-11-6-15-10(3)16-11/h6,9H,4-5,7-8H2,1-3H3,(H,15,16)(H,17,18). The fourth-order valence-electron chi connectivity index (χ4n) is 2.78. The number of hydrogen-bond donors (Lipinski definition) is 2. The Hall–Kier alpha value is -1.62. The summed E-state index contributed by atoms with van der Waals surface area (Å²) in [7, 11) is 0. The summed E-state index contributed by atoms with van der Waals surface area (Å²) >= 11 is 0. The monoisotopic (exact) mass is 259 g/mol. The van der Waals surface area contributed by atoms with Crippen molar-refractivity contribution in [1.29, 1.82) is 0 Å². The van der Waals surface area contributed by atoms with E-state index in [0.717, 1.165) is 31.9 Å². The maximum atomic E-state index is 4.47. The quantitative estimate of drug-likeness (QED) is 0.887. The van der Waals surface area contributed by atoms with Crippen LogP contribution in [0.1, 0.15) is 48.2 Å². The van der Waals surface area contributed by atoms with Crippen LogP contribution in [-0.4, -0.2) is 31.6 Å². The summed E-state index contributed by atoms with van der Waals surface area (Å²) in [6, 6.07) is 0. The first-order valence-corrected chi connectivity index (χ1v) is 6.92. The number of imidazole rings is 1. The number of H-pyrrole nitrogens is 2. The normalized spacial score (nSPS) is 16.0. The predicted molar refractivity (Wildman–Crippen MR) is 73.8 cm³/mol. The summed E-state index contributed by atoms with van der Waals surface area (Å²) in [5.41, 5.74) is 5.13. The van der Waals surface area contributed by atoms with Gasteiger partial charge in [0, 0.05) is 49.2 Å². The first kappa shape index (κ1) is 12.4. The second-order valence-corrected chi connectivity index (χ2v) is 5.68. The topological polar surface area (TPSA) is 60.6 Å². The van der Waals surface area contributed by atoms with Gasteiger partial charge >= 0.3 is 0 Å². The highest BCUT2D eigenvalue weighted by atomic mass is 15.2. The molecule has 0 amide bonds. The Morgan fingerprint density at radius 3 is 2.95 bits per heavy atom. The molecular formula is C14H21N5. The van der Waals surface area contributed by atoms with E-state index in [1.54, 1.807) is 0 Å². The molecule has 2 aromatic heterocycles. The largest absolute Gasteiger partial charge is 0.345 e. The van der Waals surface area contributed by atoms with Crippen molar-refractivity contribution < 1.29 is 0 Å². The van der Waals surface area contributed by atoms with Gasteiger partial charge in [-0.1, -0.05) is 13.8 Å². The Bertz CT molecular complexity index is 566. The molecule has 0 aromatic carbocycles. The zero-order valence-electron chi connectivity index (χ0n) is 11.8. The second-order valence-electron chi connectivity index (χ2n) is 5.68. The third kappa shape index (κ3) is 2.42. The molecule has 2 N–H and O–H groups in total. The van der Waals surface area contributed by atoms with E-state index in [1.807, 2.05) is 13.1 Å². The van der Waals surface area contributed by atoms with E-state index in [9.17, 15) is 0 Å². The zero-order valence-corrected chi connectivity index (χ0v) is 11.8. The van der Waals surface area contributed by atoms with Crippen LogP contribution in [0.15, 0.2) is 6.20 Å². The van der Waals surface area contributed by atoms with Crippen LogP contribution in [0.25, 0.3) is 0 Å². The molecule has 3 heterocycles. The van der Waals surface area contributed by atoms with Gasteiger partial charge in [0.25, 0.3) is 0 Å². The minimum Gasteiger partial charge on any atom is -0.345 e. The molecule has 1 aliphatic rings. The van der Waals surface area contributed by atoms with Gasteiger partial charge in [0.15, 0.2) is 0 Å².